The summed E-state index contributed by atoms with van der Waals surface area (Å²) in [6.07, 6.45) is 3.85. The number of carbonyl (C=O) groups excluding carboxylic acids is 1. The van der Waals surface area contributed by atoms with Crippen LogP contribution >= 0.6 is 64.8 Å². The lowest BCUT2D eigenvalue weighted by molar-refractivity contribution is -0.118. The van der Waals surface area contributed by atoms with E-state index < -0.39 is 0 Å². The highest BCUT2D eigenvalue weighted by atomic mass is 33.1. The number of rotatable bonds is 13. The van der Waals surface area contributed by atoms with E-state index in [9.17, 15) is 4.79 Å². The highest BCUT2D eigenvalue weighted by Gasteiger charge is 2.14. The van der Waals surface area contributed by atoms with E-state index in [1.807, 2.05) is 78.6 Å². The van der Waals surface area contributed by atoms with E-state index in [2.05, 4.69) is 72.8 Å². The second-order valence-corrected chi connectivity index (χ2v) is 16.5. The molecule has 1 amide bonds. The third kappa shape index (κ3) is 48.6. The Morgan fingerprint density at radius 1 is 0.875 bits per heavy atom. The second-order valence-electron chi connectivity index (χ2n) is 7.28. The third-order valence-electron chi connectivity index (χ3n) is 3.10. The molecule has 3 nitrogen and oxygen atoms in total. The van der Waals surface area contributed by atoms with Crippen LogP contribution in [0.2, 0.25) is 0 Å². The average molecular weight is 565 g/mol. The summed E-state index contributed by atoms with van der Waals surface area (Å²) in [6, 6.07) is 0. The maximum Gasteiger partial charge on any atom is 0.236 e. The molecule has 0 aliphatic rings. The van der Waals surface area contributed by atoms with Gasteiger partial charge in [0.05, 0.1) is 0 Å². The van der Waals surface area contributed by atoms with Gasteiger partial charge in [-0.05, 0) is 47.0 Å². The summed E-state index contributed by atoms with van der Waals surface area (Å²) in [6.45, 7) is 25.2. The second kappa shape index (κ2) is 32.2. The summed E-state index contributed by atoms with van der Waals surface area (Å²) in [7, 11) is 11.8. The lowest BCUT2D eigenvalue weighted by atomic mass is 10.1. The monoisotopic (exact) mass is 564 g/mol. The van der Waals surface area contributed by atoms with E-state index in [1.165, 1.54) is 49.2 Å². The zero-order valence-electron chi connectivity index (χ0n) is 22.8. The molecule has 0 aromatic heterocycles. The van der Waals surface area contributed by atoms with E-state index in [1.54, 1.807) is 0 Å². The molecule has 0 fully saturated rings. The molecule has 196 valence electrons. The Labute approximate surface area is 225 Å². The Morgan fingerprint density at radius 2 is 1.41 bits per heavy atom. The van der Waals surface area contributed by atoms with Crippen LogP contribution in [-0.4, -0.2) is 44.6 Å². The van der Waals surface area contributed by atoms with Gasteiger partial charge >= 0.3 is 0 Å². The molecule has 9 heteroatoms. The first-order chi connectivity index (χ1) is 15.0. The minimum atomic E-state index is -0.133. The van der Waals surface area contributed by atoms with Gasteiger partial charge in [0.1, 0.15) is 0 Å². The first-order valence-corrected chi connectivity index (χ1v) is 18.8. The zero-order valence-corrected chi connectivity index (χ0v) is 27.7. The van der Waals surface area contributed by atoms with Crippen LogP contribution in [-0.2, 0) is 4.79 Å². The van der Waals surface area contributed by atoms with Gasteiger partial charge in [-0.25, -0.2) is 5.43 Å². The summed E-state index contributed by atoms with van der Waals surface area (Å²) >= 11 is 0. The smallest absolute Gasteiger partial charge is 0.236 e. The molecule has 1 unspecified atom stereocenters. The summed E-state index contributed by atoms with van der Waals surface area (Å²) in [5, 5.41) is 4.47. The number of carbonyl (C=O) groups is 1. The van der Waals surface area contributed by atoms with Gasteiger partial charge in [-0.15, -0.1) is 0 Å². The highest BCUT2D eigenvalue weighted by Crippen LogP contribution is 2.37. The Kier molecular flexibility index (Phi) is 40.7. The van der Waals surface area contributed by atoms with E-state index in [-0.39, 0.29) is 5.91 Å². The number of hydrazone groups is 1. The lowest BCUT2D eigenvalue weighted by Gasteiger charge is -2.19. The molecule has 0 aliphatic carbocycles. The molecule has 1 N–H and O–H groups in total. The predicted octanol–water partition coefficient (Wildman–Crippen LogP) is 10.1. The van der Waals surface area contributed by atoms with Crippen LogP contribution < -0.4 is 5.43 Å². The molecule has 0 aromatic rings. The van der Waals surface area contributed by atoms with Crippen molar-refractivity contribution in [1.82, 2.24) is 5.43 Å². The van der Waals surface area contributed by atoms with Gasteiger partial charge in [-0.3, -0.25) is 4.79 Å². The third-order valence-corrected chi connectivity index (χ3v) is 12.4. The quantitative estimate of drug-likeness (QED) is 0.103. The molecule has 1 atom stereocenters. The van der Waals surface area contributed by atoms with Gasteiger partial charge in [-0.2, -0.15) is 5.10 Å². The Bertz CT molecular complexity index is 402. The van der Waals surface area contributed by atoms with Crippen LogP contribution in [0.4, 0.5) is 0 Å². The normalized spacial score (nSPS) is 10.9. The molecule has 0 radical (unpaired) electrons. The van der Waals surface area contributed by atoms with Crippen molar-refractivity contribution >= 4 is 76.4 Å². The fourth-order valence-corrected chi connectivity index (χ4v) is 6.99. The molecular weight excluding hydrogens is 513 g/mol. The van der Waals surface area contributed by atoms with Crippen LogP contribution in [0.25, 0.3) is 0 Å². The maximum atomic E-state index is 10.1. The molecule has 0 spiro atoms. The zero-order chi connectivity index (χ0) is 25.8. The van der Waals surface area contributed by atoms with Crippen molar-refractivity contribution in [1.29, 1.82) is 0 Å². The van der Waals surface area contributed by atoms with Crippen LogP contribution in [0.3, 0.4) is 0 Å². The number of amides is 1. The minimum absolute atomic E-state index is 0.133. The first-order valence-electron chi connectivity index (χ1n) is 11.6. The van der Waals surface area contributed by atoms with Crippen molar-refractivity contribution in [3.8, 4) is 0 Å². The summed E-state index contributed by atoms with van der Waals surface area (Å²) in [5.41, 5.74) is 3.14. The molecule has 0 aliphatic heterocycles. The van der Waals surface area contributed by atoms with Crippen molar-refractivity contribution in [3.05, 3.63) is 0 Å². The van der Waals surface area contributed by atoms with Crippen molar-refractivity contribution in [2.24, 2.45) is 5.10 Å². The van der Waals surface area contributed by atoms with Gasteiger partial charge in [0, 0.05) is 45.6 Å². The molecule has 32 heavy (non-hydrogen) atoms. The molecule has 0 rings (SSSR count). The molecular formula is C23H52N2OS6. The SMILES string of the molecule is CC(=O)NN=C(C)C.CCCSSCC.CCSSC(C)(C)CC.CCSSC(C)CC. The van der Waals surface area contributed by atoms with Crippen LogP contribution in [0, 0.1) is 0 Å². The highest BCUT2D eigenvalue weighted by molar-refractivity contribution is 8.77. The Hall–Kier alpha value is 1.24. The van der Waals surface area contributed by atoms with Gasteiger partial charge < -0.3 is 0 Å². The summed E-state index contributed by atoms with van der Waals surface area (Å²) < 4.78 is 0.473. The van der Waals surface area contributed by atoms with E-state index in [4.69, 9.17) is 0 Å². The Morgan fingerprint density at radius 3 is 1.72 bits per heavy atom. The van der Waals surface area contributed by atoms with Crippen molar-refractivity contribution in [2.45, 2.75) is 112 Å². The molecule has 0 bridgehead atoms. The fraction of sp³-hybridized carbons (Fsp3) is 0.913. The fourth-order valence-electron chi connectivity index (χ4n) is 0.946. The summed E-state index contributed by atoms with van der Waals surface area (Å²) in [5.74, 6) is 4.86. The molecule has 0 heterocycles. The van der Waals surface area contributed by atoms with E-state index in [0.29, 0.717) is 4.75 Å². The van der Waals surface area contributed by atoms with Gasteiger partial charge in [0.25, 0.3) is 0 Å². The largest absolute Gasteiger partial charge is 0.274 e. The number of nitrogens with one attached hydrogen (secondary N) is 1. The van der Waals surface area contributed by atoms with E-state index >= 15 is 0 Å². The Balaban J connectivity index is -0.000000164. The standard InChI is InChI=1S/C7H16S2.C6H14S2.C5H10N2O.C5H12S2/c1-5-7(3,4)9-8-6-2;1-4-6(3)8-7-5-2;1-4(2)6-7-5(3)8;1-3-5-7-6-4-2/h5-6H2,1-4H3;6H,4-5H2,1-3H3;1-3H3,(H,7,8);3-5H2,1-2H3. The van der Waals surface area contributed by atoms with Crippen molar-refractivity contribution in [2.75, 3.05) is 23.0 Å². The number of hydrogen-bond acceptors (Lipinski definition) is 8. The number of nitrogens with zero attached hydrogens (tertiary/aromatic N) is 1. The van der Waals surface area contributed by atoms with Gasteiger partial charge in [0.15, 0.2) is 0 Å². The summed E-state index contributed by atoms with van der Waals surface area (Å²) in [4.78, 5) is 10.1. The molecule has 0 saturated heterocycles. The van der Waals surface area contributed by atoms with Gasteiger partial charge in [-0.1, -0.05) is 113 Å². The predicted molar refractivity (Wildman–Crippen MR) is 169 cm³/mol. The number of hydrogen-bond donors (Lipinski definition) is 1. The topological polar surface area (TPSA) is 41.5 Å². The van der Waals surface area contributed by atoms with Crippen molar-refractivity contribution < 1.29 is 4.79 Å². The minimum Gasteiger partial charge on any atom is -0.274 e. The van der Waals surface area contributed by atoms with Crippen LogP contribution in [0.15, 0.2) is 5.10 Å². The first kappa shape index (κ1) is 40.4. The maximum absolute atomic E-state index is 10.1. The molecule has 0 saturated carbocycles. The lowest BCUT2D eigenvalue weighted by Crippen LogP contribution is -2.13. The average Bonchev–Trinajstić information content (AvgIpc) is 2.76. The van der Waals surface area contributed by atoms with Crippen molar-refractivity contribution in [3.63, 3.8) is 0 Å². The van der Waals surface area contributed by atoms with Crippen LogP contribution in [0.5, 0.6) is 0 Å². The van der Waals surface area contributed by atoms with Crippen LogP contribution in [0.1, 0.15) is 102 Å². The van der Waals surface area contributed by atoms with E-state index in [0.717, 1.165) is 11.0 Å². The molecule has 0 aromatic carbocycles. The van der Waals surface area contributed by atoms with Gasteiger partial charge in [0.2, 0.25) is 5.91 Å².